The number of ether oxygens (including phenoxy) is 1. The highest BCUT2D eigenvalue weighted by Gasteiger charge is 2.19. The third kappa shape index (κ3) is 38.4. The van der Waals surface area contributed by atoms with Crippen molar-refractivity contribution < 1.29 is 24.2 Å². The van der Waals surface area contributed by atoms with Crippen LogP contribution in [0.1, 0.15) is 258 Å². The van der Waals surface area contributed by atoms with Crippen molar-refractivity contribution in [3.8, 4) is 0 Å². The smallest absolute Gasteiger partial charge is 0.326 e. The van der Waals surface area contributed by atoms with Crippen LogP contribution in [-0.2, 0) is 19.1 Å². The van der Waals surface area contributed by atoms with Gasteiger partial charge in [-0.05, 0) is 57.9 Å². The van der Waals surface area contributed by atoms with Gasteiger partial charge in [-0.25, -0.2) is 4.79 Å². The summed E-state index contributed by atoms with van der Waals surface area (Å²) in [4.78, 5) is 36.4. The van der Waals surface area contributed by atoms with Crippen LogP contribution in [-0.4, -0.2) is 41.6 Å². The van der Waals surface area contributed by atoms with Crippen molar-refractivity contribution in [2.75, 3.05) is 6.54 Å². The van der Waals surface area contributed by atoms with Gasteiger partial charge in [0.2, 0.25) is 5.91 Å². The Labute approximate surface area is 328 Å². The van der Waals surface area contributed by atoms with Gasteiger partial charge in [-0.1, -0.05) is 194 Å². The van der Waals surface area contributed by atoms with Gasteiger partial charge in [0.25, 0.3) is 0 Å². The van der Waals surface area contributed by atoms with E-state index in [0.29, 0.717) is 32.2 Å². The molecule has 7 heteroatoms. The second-order valence-corrected chi connectivity index (χ2v) is 16.2. The van der Waals surface area contributed by atoms with Gasteiger partial charge in [-0.2, -0.15) is 0 Å². The SMILES string of the molecule is CCCCCCCCCCCCCCCCCC(=O)OC(CCCCCCCCCCCCCC)CCCCCCCC(=O)NC(CCCN)C(=O)O. The zero-order valence-corrected chi connectivity index (χ0v) is 35.4. The fourth-order valence-corrected chi connectivity index (χ4v) is 7.39. The number of carboxylic acids is 1. The van der Waals surface area contributed by atoms with E-state index in [0.717, 1.165) is 64.2 Å². The third-order valence-electron chi connectivity index (χ3n) is 10.9. The maximum atomic E-state index is 12.8. The minimum absolute atomic E-state index is 0.0132. The Morgan fingerprint density at radius 2 is 0.811 bits per heavy atom. The van der Waals surface area contributed by atoms with Gasteiger partial charge in [0, 0.05) is 12.8 Å². The molecule has 0 aliphatic rings. The summed E-state index contributed by atoms with van der Waals surface area (Å²) < 4.78 is 6.07. The minimum atomic E-state index is -1.000. The highest BCUT2D eigenvalue weighted by Crippen LogP contribution is 2.19. The molecule has 0 aliphatic carbocycles. The fraction of sp³-hybridized carbons (Fsp3) is 0.935. The number of carbonyl (C=O) groups is 3. The summed E-state index contributed by atoms with van der Waals surface area (Å²) in [7, 11) is 0. The number of nitrogens with two attached hydrogens (primary N) is 1. The Balaban J connectivity index is 4.25. The molecule has 7 nitrogen and oxygen atoms in total. The van der Waals surface area contributed by atoms with Gasteiger partial charge in [0.05, 0.1) is 0 Å². The van der Waals surface area contributed by atoms with Gasteiger partial charge in [0.15, 0.2) is 0 Å². The fourth-order valence-electron chi connectivity index (χ4n) is 7.39. The van der Waals surface area contributed by atoms with Crippen molar-refractivity contribution in [3.05, 3.63) is 0 Å². The average molecular weight is 751 g/mol. The monoisotopic (exact) mass is 751 g/mol. The number of carboxylic acid groups (broad SMARTS) is 1. The van der Waals surface area contributed by atoms with Crippen molar-refractivity contribution >= 4 is 17.8 Å². The maximum Gasteiger partial charge on any atom is 0.326 e. The molecule has 2 unspecified atom stereocenters. The molecule has 314 valence electrons. The molecule has 0 aromatic rings. The number of esters is 1. The molecule has 0 radical (unpaired) electrons. The van der Waals surface area contributed by atoms with Crippen molar-refractivity contribution in [2.45, 2.75) is 270 Å². The lowest BCUT2D eigenvalue weighted by Crippen LogP contribution is -2.40. The number of unbranched alkanes of at least 4 members (excludes halogenated alkanes) is 29. The molecule has 0 aromatic heterocycles. The minimum Gasteiger partial charge on any atom is -0.480 e. The van der Waals surface area contributed by atoms with Gasteiger partial charge >= 0.3 is 11.9 Å². The van der Waals surface area contributed by atoms with Gasteiger partial charge in [-0.15, -0.1) is 0 Å². The van der Waals surface area contributed by atoms with E-state index in [1.165, 1.54) is 154 Å². The first-order chi connectivity index (χ1) is 25.9. The molecule has 0 rings (SSSR count). The lowest BCUT2D eigenvalue weighted by atomic mass is 10.0. The molecule has 53 heavy (non-hydrogen) atoms. The molecule has 0 bridgehead atoms. The highest BCUT2D eigenvalue weighted by atomic mass is 16.5. The van der Waals surface area contributed by atoms with Crippen LogP contribution in [0.2, 0.25) is 0 Å². The Bertz CT molecular complexity index is 807. The number of rotatable bonds is 43. The van der Waals surface area contributed by atoms with Crippen LogP contribution in [0.25, 0.3) is 0 Å². The molecule has 2 atom stereocenters. The first kappa shape index (κ1) is 51.4. The summed E-state index contributed by atoms with van der Waals surface area (Å²) in [6.45, 7) is 4.97. The van der Waals surface area contributed by atoms with E-state index < -0.39 is 12.0 Å². The second kappa shape index (κ2) is 41.5. The maximum absolute atomic E-state index is 12.8. The molecule has 1 amide bonds. The van der Waals surface area contributed by atoms with Gasteiger partial charge < -0.3 is 20.9 Å². The second-order valence-electron chi connectivity index (χ2n) is 16.2. The first-order valence-corrected chi connectivity index (χ1v) is 23.4. The normalized spacial score (nSPS) is 12.5. The molecule has 0 spiro atoms. The topological polar surface area (TPSA) is 119 Å². The summed E-state index contributed by atoms with van der Waals surface area (Å²) in [5, 5.41) is 11.9. The Kier molecular flexibility index (Phi) is 40.3. The summed E-state index contributed by atoms with van der Waals surface area (Å²) in [5.74, 6) is -1.21. The molecule has 0 fully saturated rings. The van der Waals surface area contributed by atoms with E-state index in [4.69, 9.17) is 10.5 Å². The van der Waals surface area contributed by atoms with Crippen LogP contribution < -0.4 is 11.1 Å². The summed E-state index contributed by atoms with van der Waals surface area (Å²) in [5.41, 5.74) is 5.49. The number of amides is 1. The number of aliphatic carboxylic acids is 1. The quantitative estimate of drug-likeness (QED) is 0.0422. The zero-order valence-electron chi connectivity index (χ0n) is 35.4. The number of nitrogens with one attached hydrogen (secondary N) is 1. The molecule has 0 aliphatic heterocycles. The van der Waals surface area contributed by atoms with E-state index in [-0.39, 0.29) is 18.0 Å². The van der Waals surface area contributed by atoms with Gasteiger partial charge in [0.1, 0.15) is 12.1 Å². The predicted molar refractivity (Wildman–Crippen MR) is 225 cm³/mol. The summed E-state index contributed by atoms with van der Waals surface area (Å²) in [6.07, 6.45) is 44.3. The Morgan fingerprint density at radius 3 is 1.17 bits per heavy atom. The van der Waals surface area contributed by atoms with Crippen LogP contribution in [0.3, 0.4) is 0 Å². The lowest BCUT2D eigenvalue weighted by Gasteiger charge is -2.18. The third-order valence-corrected chi connectivity index (χ3v) is 10.9. The van der Waals surface area contributed by atoms with Crippen LogP contribution in [0.5, 0.6) is 0 Å². The lowest BCUT2D eigenvalue weighted by molar-refractivity contribution is -0.150. The first-order valence-electron chi connectivity index (χ1n) is 23.4. The van der Waals surface area contributed by atoms with Crippen molar-refractivity contribution in [3.63, 3.8) is 0 Å². The molecule has 0 heterocycles. The van der Waals surface area contributed by atoms with Crippen molar-refractivity contribution in [1.82, 2.24) is 5.32 Å². The largest absolute Gasteiger partial charge is 0.480 e. The highest BCUT2D eigenvalue weighted by molar-refractivity contribution is 5.83. The predicted octanol–water partition coefficient (Wildman–Crippen LogP) is 13.3. The van der Waals surface area contributed by atoms with Crippen LogP contribution in [0, 0.1) is 0 Å². The van der Waals surface area contributed by atoms with E-state index in [1.54, 1.807) is 0 Å². The van der Waals surface area contributed by atoms with Gasteiger partial charge in [-0.3, -0.25) is 9.59 Å². The molecule has 0 saturated carbocycles. The van der Waals surface area contributed by atoms with E-state index in [2.05, 4.69) is 19.2 Å². The number of hydrogen-bond donors (Lipinski definition) is 3. The van der Waals surface area contributed by atoms with E-state index in [1.807, 2.05) is 0 Å². The van der Waals surface area contributed by atoms with Crippen molar-refractivity contribution in [2.24, 2.45) is 5.73 Å². The van der Waals surface area contributed by atoms with E-state index >= 15 is 0 Å². The van der Waals surface area contributed by atoms with E-state index in [9.17, 15) is 19.5 Å². The van der Waals surface area contributed by atoms with Crippen LogP contribution >= 0.6 is 0 Å². The molecule has 4 N–H and O–H groups in total. The van der Waals surface area contributed by atoms with Crippen molar-refractivity contribution in [1.29, 1.82) is 0 Å². The van der Waals surface area contributed by atoms with Crippen LogP contribution in [0.4, 0.5) is 0 Å². The summed E-state index contributed by atoms with van der Waals surface area (Å²) in [6, 6.07) is -0.852. The zero-order chi connectivity index (χ0) is 38.9. The Morgan fingerprint density at radius 1 is 0.472 bits per heavy atom. The average Bonchev–Trinajstić information content (AvgIpc) is 3.14. The number of carbonyl (C=O) groups excluding carboxylic acids is 2. The molecular formula is C46H90N2O5. The Hall–Kier alpha value is -1.63. The molecular weight excluding hydrogens is 661 g/mol. The standard InChI is InChI=1S/C46H90N2O5/c1-3-5-7-9-11-13-15-17-18-19-21-23-25-30-34-40-45(50)53-42(36-31-27-24-22-20-16-14-12-10-8-6-4-2)37-32-28-26-29-33-39-44(49)48-43(46(51)52)38-35-41-47/h42-43H,3-41,47H2,1-2H3,(H,48,49)(H,51,52). The summed E-state index contributed by atoms with van der Waals surface area (Å²) >= 11 is 0. The number of hydrogen-bond acceptors (Lipinski definition) is 5. The molecule has 0 saturated heterocycles. The van der Waals surface area contributed by atoms with Crippen LogP contribution in [0.15, 0.2) is 0 Å². The molecule has 0 aromatic carbocycles.